The minimum absolute atomic E-state index is 0.0946. The van der Waals surface area contributed by atoms with Gasteiger partial charge in [-0.3, -0.25) is 4.79 Å². The average Bonchev–Trinajstić information content (AvgIpc) is 3.03. The number of hydrogen-bond acceptors (Lipinski definition) is 4. The van der Waals surface area contributed by atoms with E-state index in [-0.39, 0.29) is 17.9 Å². The van der Waals surface area contributed by atoms with Crippen molar-refractivity contribution in [2.24, 2.45) is 5.92 Å². The lowest BCUT2D eigenvalue weighted by molar-refractivity contribution is -0.141. The van der Waals surface area contributed by atoms with Crippen molar-refractivity contribution in [1.29, 1.82) is 0 Å². The molecule has 2 aliphatic carbocycles. The number of aliphatic hydroxyl groups is 1. The van der Waals surface area contributed by atoms with Gasteiger partial charge < -0.3 is 19.5 Å². The zero-order valence-electron chi connectivity index (χ0n) is 15.7. The van der Waals surface area contributed by atoms with Crippen LogP contribution in [0.3, 0.4) is 0 Å². The first kappa shape index (κ1) is 17.7. The van der Waals surface area contributed by atoms with Gasteiger partial charge in [0.15, 0.2) is 11.5 Å². The van der Waals surface area contributed by atoms with Crippen LogP contribution >= 0.6 is 0 Å². The molecule has 0 bridgehead atoms. The third-order valence-electron chi connectivity index (χ3n) is 6.23. The van der Waals surface area contributed by atoms with Gasteiger partial charge in [0.25, 0.3) is 5.91 Å². The second kappa shape index (κ2) is 6.76. The van der Waals surface area contributed by atoms with Gasteiger partial charge in [-0.25, -0.2) is 0 Å². The fraction of sp³-hybridized carbons (Fsp3) is 0.667. The van der Waals surface area contributed by atoms with Gasteiger partial charge in [0.1, 0.15) is 5.60 Å². The van der Waals surface area contributed by atoms with Crippen LogP contribution in [-0.2, 0) is 4.79 Å². The lowest BCUT2D eigenvalue weighted by Gasteiger charge is -2.21. The number of methoxy groups -OCH3 is 1. The largest absolute Gasteiger partial charge is 0.493 e. The van der Waals surface area contributed by atoms with E-state index >= 15 is 0 Å². The van der Waals surface area contributed by atoms with Crippen molar-refractivity contribution in [2.45, 2.75) is 63.1 Å². The third-order valence-corrected chi connectivity index (χ3v) is 6.23. The Balaban J connectivity index is 1.52. The number of amides is 1. The Morgan fingerprint density at radius 2 is 1.92 bits per heavy atom. The lowest BCUT2D eigenvalue weighted by Crippen LogP contribution is -2.39. The highest BCUT2D eigenvalue weighted by molar-refractivity contribution is 5.88. The van der Waals surface area contributed by atoms with Crippen LogP contribution in [0.2, 0.25) is 0 Å². The van der Waals surface area contributed by atoms with Gasteiger partial charge in [-0.1, -0.05) is 13.0 Å². The number of benzene rings is 1. The highest BCUT2D eigenvalue weighted by Gasteiger charge is 2.51. The minimum atomic E-state index is -1.08. The molecule has 2 saturated carbocycles. The average molecular weight is 359 g/mol. The van der Waals surface area contributed by atoms with Gasteiger partial charge in [0.2, 0.25) is 0 Å². The molecule has 1 amide bonds. The maximum absolute atomic E-state index is 12.5. The Morgan fingerprint density at radius 3 is 2.58 bits per heavy atom. The third kappa shape index (κ3) is 3.29. The molecule has 3 aliphatic rings. The van der Waals surface area contributed by atoms with Crippen LogP contribution in [0.5, 0.6) is 11.5 Å². The van der Waals surface area contributed by atoms with Crippen molar-refractivity contribution >= 4 is 5.91 Å². The number of carbonyl (C=O) groups is 1. The Labute approximate surface area is 155 Å². The fourth-order valence-corrected chi connectivity index (χ4v) is 4.39. The van der Waals surface area contributed by atoms with E-state index in [0.29, 0.717) is 31.8 Å². The van der Waals surface area contributed by atoms with E-state index in [2.05, 4.69) is 19.1 Å². The summed E-state index contributed by atoms with van der Waals surface area (Å²) >= 11 is 0. The minimum Gasteiger partial charge on any atom is -0.493 e. The molecule has 1 aromatic rings. The molecular weight excluding hydrogens is 330 g/mol. The molecule has 0 spiro atoms. The Kier molecular flexibility index (Phi) is 4.59. The molecule has 1 aromatic carbocycles. The second-order valence-corrected chi connectivity index (χ2v) is 8.26. The standard InChI is InChI=1S/C21H29NO4/c1-14-12-22(20(23)21(24)9-10-21)13-17(14)15-7-8-18(25-2)19(11-15)26-16-5-3-4-6-16/h7-8,11,14,16-17,24H,3-6,9-10,12-13H2,1-2H3/t14-,17+/m1/s1. The number of rotatable bonds is 5. The maximum Gasteiger partial charge on any atom is 0.254 e. The SMILES string of the molecule is COc1ccc([C@H]2CN(C(=O)C3(O)CC3)C[C@H]2C)cc1OC1CCCC1. The molecule has 1 N–H and O–H groups in total. The molecule has 1 heterocycles. The molecule has 1 aliphatic heterocycles. The van der Waals surface area contributed by atoms with Gasteiger partial charge in [-0.05, 0) is 62.1 Å². The highest BCUT2D eigenvalue weighted by atomic mass is 16.5. The number of hydrogen-bond donors (Lipinski definition) is 1. The van der Waals surface area contributed by atoms with E-state index in [1.807, 2.05) is 11.0 Å². The molecule has 26 heavy (non-hydrogen) atoms. The summed E-state index contributed by atoms with van der Waals surface area (Å²) < 4.78 is 11.7. The molecule has 3 fully saturated rings. The van der Waals surface area contributed by atoms with Crippen LogP contribution in [0, 0.1) is 5.92 Å². The summed E-state index contributed by atoms with van der Waals surface area (Å²) in [5.41, 5.74) is 0.107. The van der Waals surface area contributed by atoms with E-state index in [1.54, 1.807) is 7.11 Å². The van der Waals surface area contributed by atoms with E-state index in [9.17, 15) is 9.90 Å². The van der Waals surface area contributed by atoms with Crippen LogP contribution in [0.4, 0.5) is 0 Å². The van der Waals surface area contributed by atoms with Crippen LogP contribution in [-0.4, -0.2) is 47.8 Å². The Morgan fingerprint density at radius 1 is 1.19 bits per heavy atom. The summed E-state index contributed by atoms with van der Waals surface area (Å²) in [5, 5.41) is 10.1. The van der Waals surface area contributed by atoms with Gasteiger partial charge in [0, 0.05) is 19.0 Å². The van der Waals surface area contributed by atoms with Crippen molar-refractivity contribution in [3.8, 4) is 11.5 Å². The molecule has 1 saturated heterocycles. The quantitative estimate of drug-likeness (QED) is 0.878. The highest BCUT2D eigenvalue weighted by Crippen LogP contribution is 2.42. The first-order valence-corrected chi connectivity index (χ1v) is 9.86. The predicted molar refractivity (Wildman–Crippen MR) is 98.5 cm³/mol. The van der Waals surface area contributed by atoms with Crippen molar-refractivity contribution < 1.29 is 19.4 Å². The molecule has 4 rings (SSSR count). The van der Waals surface area contributed by atoms with Crippen molar-refractivity contribution in [2.75, 3.05) is 20.2 Å². The van der Waals surface area contributed by atoms with E-state index in [1.165, 1.54) is 18.4 Å². The van der Waals surface area contributed by atoms with Gasteiger partial charge in [-0.15, -0.1) is 0 Å². The molecule has 5 heteroatoms. The smallest absolute Gasteiger partial charge is 0.254 e. The topological polar surface area (TPSA) is 59.0 Å². The Bertz CT molecular complexity index is 679. The lowest BCUT2D eigenvalue weighted by atomic mass is 9.90. The summed E-state index contributed by atoms with van der Waals surface area (Å²) in [6, 6.07) is 6.16. The molecule has 0 aromatic heterocycles. The van der Waals surface area contributed by atoms with Crippen molar-refractivity contribution in [3.05, 3.63) is 23.8 Å². The fourth-order valence-electron chi connectivity index (χ4n) is 4.39. The molecule has 0 unspecified atom stereocenters. The van der Waals surface area contributed by atoms with Crippen LogP contribution in [0.15, 0.2) is 18.2 Å². The summed E-state index contributed by atoms with van der Waals surface area (Å²) in [7, 11) is 1.67. The van der Waals surface area contributed by atoms with Crippen LogP contribution in [0.1, 0.15) is 56.9 Å². The molecule has 0 radical (unpaired) electrons. The molecule has 142 valence electrons. The normalized spacial score (nSPS) is 27.6. The summed E-state index contributed by atoms with van der Waals surface area (Å²) in [6.45, 7) is 3.55. The predicted octanol–water partition coefficient (Wildman–Crippen LogP) is 3.10. The maximum atomic E-state index is 12.5. The monoisotopic (exact) mass is 359 g/mol. The van der Waals surface area contributed by atoms with E-state index in [4.69, 9.17) is 9.47 Å². The molecule has 5 nitrogen and oxygen atoms in total. The first-order chi connectivity index (χ1) is 12.5. The van der Waals surface area contributed by atoms with Crippen molar-refractivity contribution in [3.63, 3.8) is 0 Å². The zero-order chi connectivity index (χ0) is 18.3. The number of ether oxygens (including phenoxy) is 2. The second-order valence-electron chi connectivity index (χ2n) is 8.26. The zero-order valence-corrected chi connectivity index (χ0v) is 15.7. The van der Waals surface area contributed by atoms with Crippen molar-refractivity contribution in [1.82, 2.24) is 4.90 Å². The van der Waals surface area contributed by atoms with E-state index < -0.39 is 5.60 Å². The molecular formula is C21H29NO4. The number of nitrogens with zero attached hydrogens (tertiary/aromatic N) is 1. The van der Waals surface area contributed by atoms with Crippen LogP contribution < -0.4 is 9.47 Å². The summed E-state index contributed by atoms with van der Waals surface area (Å²) in [4.78, 5) is 14.3. The van der Waals surface area contributed by atoms with Crippen LogP contribution in [0.25, 0.3) is 0 Å². The molecule has 2 atom stereocenters. The van der Waals surface area contributed by atoms with Gasteiger partial charge in [-0.2, -0.15) is 0 Å². The number of carbonyl (C=O) groups excluding carboxylic acids is 1. The van der Waals surface area contributed by atoms with E-state index in [0.717, 1.165) is 24.3 Å². The van der Waals surface area contributed by atoms with Gasteiger partial charge >= 0.3 is 0 Å². The summed E-state index contributed by atoms with van der Waals surface area (Å²) in [5.74, 6) is 2.11. The first-order valence-electron chi connectivity index (χ1n) is 9.86. The number of likely N-dealkylation sites (tertiary alicyclic amines) is 1. The Hall–Kier alpha value is -1.75. The summed E-state index contributed by atoms with van der Waals surface area (Å²) in [6.07, 6.45) is 6.15. The van der Waals surface area contributed by atoms with Gasteiger partial charge in [0.05, 0.1) is 13.2 Å².